The number of anilines is 1. The minimum absolute atomic E-state index is 0.163. The van der Waals surface area contributed by atoms with Crippen molar-refractivity contribution in [3.05, 3.63) is 90.5 Å². The number of nitrogens with one attached hydrogen (secondary N) is 1. The molecule has 6 heteroatoms. The Balaban J connectivity index is 1.55. The van der Waals surface area contributed by atoms with Crippen molar-refractivity contribution in [1.82, 2.24) is 19.7 Å². The van der Waals surface area contributed by atoms with E-state index >= 15 is 0 Å². The summed E-state index contributed by atoms with van der Waals surface area (Å²) < 4.78 is 1.78. The SMILES string of the molecule is Cc1ccc(NC(=O)c2cccc(-c3ccc(-n4ccnc4)nn3)c2)cc1. The van der Waals surface area contributed by atoms with Gasteiger partial charge < -0.3 is 5.32 Å². The van der Waals surface area contributed by atoms with E-state index in [4.69, 9.17) is 0 Å². The molecule has 0 saturated carbocycles. The van der Waals surface area contributed by atoms with Crippen LogP contribution in [0.3, 0.4) is 0 Å². The van der Waals surface area contributed by atoms with Gasteiger partial charge in [-0.3, -0.25) is 9.36 Å². The maximum Gasteiger partial charge on any atom is 0.255 e. The number of hydrogen-bond acceptors (Lipinski definition) is 4. The fraction of sp³-hybridized carbons (Fsp3) is 0.0476. The summed E-state index contributed by atoms with van der Waals surface area (Å²) in [6.07, 6.45) is 5.16. The van der Waals surface area contributed by atoms with Crippen LogP contribution in [0.15, 0.2) is 79.4 Å². The van der Waals surface area contributed by atoms with Crippen LogP contribution < -0.4 is 5.32 Å². The number of amides is 1. The summed E-state index contributed by atoms with van der Waals surface area (Å²) in [5.74, 6) is 0.521. The van der Waals surface area contributed by atoms with Crippen LogP contribution in [0.2, 0.25) is 0 Å². The predicted octanol–water partition coefficient (Wildman–Crippen LogP) is 3.89. The second-order valence-corrected chi connectivity index (χ2v) is 6.15. The number of benzene rings is 2. The summed E-state index contributed by atoms with van der Waals surface area (Å²) in [7, 11) is 0. The van der Waals surface area contributed by atoms with Crippen LogP contribution in [0.4, 0.5) is 5.69 Å². The maximum absolute atomic E-state index is 12.5. The van der Waals surface area contributed by atoms with Gasteiger partial charge in [-0.15, -0.1) is 10.2 Å². The molecular formula is C21H17N5O. The Morgan fingerprint density at radius 3 is 2.56 bits per heavy atom. The van der Waals surface area contributed by atoms with Gasteiger partial charge in [0.15, 0.2) is 5.82 Å². The van der Waals surface area contributed by atoms with Crippen LogP contribution in [-0.2, 0) is 0 Å². The molecule has 0 radical (unpaired) electrons. The molecule has 1 amide bonds. The lowest BCUT2D eigenvalue weighted by Gasteiger charge is -2.07. The van der Waals surface area contributed by atoms with Crippen LogP contribution in [0, 0.1) is 6.92 Å². The highest BCUT2D eigenvalue weighted by Crippen LogP contribution is 2.19. The van der Waals surface area contributed by atoms with Crippen molar-refractivity contribution in [2.24, 2.45) is 0 Å². The number of hydrogen-bond donors (Lipinski definition) is 1. The highest BCUT2D eigenvalue weighted by atomic mass is 16.1. The molecule has 2 aromatic heterocycles. The number of rotatable bonds is 4. The Bertz CT molecular complexity index is 1050. The first-order valence-electron chi connectivity index (χ1n) is 8.49. The van der Waals surface area contributed by atoms with E-state index in [0.29, 0.717) is 17.1 Å². The molecule has 0 aliphatic heterocycles. The molecule has 0 aliphatic rings. The number of nitrogens with zero attached hydrogens (tertiary/aromatic N) is 4. The van der Waals surface area contributed by atoms with E-state index in [-0.39, 0.29) is 5.91 Å². The van der Waals surface area contributed by atoms with Crippen LogP contribution >= 0.6 is 0 Å². The molecule has 27 heavy (non-hydrogen) atoms. The molecule has 1 N–H and O–H groups in total. The maximum atomic E-state index is 12.5. The monoisotopic (exact) mass is 355 g/mol. The minimum Gasteiger partial charge on any atom is -0.322 e. The molecule has 0 unspecified atom stereocenters. The Morgan fingerprint density at radius 2 is 1.85 bits per heavy atom. The van der Waals surface area contributed by atoms with Crippen molar-refractivity contribution < 1.29 is 4.79 Å². The van der Waals surface area contributed by atoms with Gasteiger partial charge in [0.05, 0.1) is 5.69 Å². The lowest BCUT2D eigenvalue weighted by atomic mass is 10.1. The zero-order chi connectivity index (χ0) is 18.6. The van der Waals surface area contributed by atoms with Crippen molar-refractivity contribution in [3.8, 4) is 17.1 Å². The molecule has 4 aromatic rings. The number of carbonyl (C=O) groups excluding carboxylic acids is 1. The summed E-state index contributed by atoms with van der Waals surface area (Å²) in [6, 6.07) is 18.8. The van der Waals surface area contributed by atoms with Gasteiger partial charge in [0, 0.05) is 29.2 Å². The summed E-state index contributed by atoms with van der Waals surface area (Å²) in [5, 5.41) is 11.4. The topological polar surface area (TPSA) is 72.7 Å². The molecule has 4 rings (SSSR count). The Kier molecular flexibility index (Phi) is 4.45. The quantitative estimate of drug-likeness (QED) is 0.603. The van der Waals surface area contributed by atoms with Gasteiger partial charge in [0.1, 0.15) is 6.33 Å². The van der Waals surface area contributed by atoms with Gasteiger partial charge in [-0.2, -0.15) is 0 Å². The number of aryl methyl sites for hydroxylation is 1. The molecule has 0 atom stereocenters. The lowest BCUT2D eigenvalue weighted by Crippen LogP contribution is -2.11. The van der Waals surface area contributed by atoms with Gasteiger partial charge >= 0.3 is 0 Å². The van der Waals surface area contributed by atoms with Gasteiger partial charge in [0.25, 0.3) is 5.91 Å². The van der Waals surface area contributed by atoms with E-state index in [2.05, 4.69) is 20.5 Å². The van der Waals surface area contributed by atoms with Crippen LogP contribution in [0.1, 0.15) is 15.9 Å². The fourth-order valence-electron chi connectivity index (χ4n) is 2.67. The standard InChI is InChI=1S/C21H17N5O/c1-15-5-7-18(8-6-15)23-21(27)17-4-2-3-16(13-17)19-9-10-20(25-24-19)26-12-11-22-14-26/h2-14H,1H3,(H,23,27). The molecule has 0 saturated heterocycles. The lowest BCUT2D eigenvalue weighted by molar-refractivity contribution is 0.102. The first kappa shape index (κ1) is 16.7. The number of aromatic nitrogens is 4. The van der Waals surface area contributed by atoms with Crippen LogP contribution in [0.5, 0.6) is 0 Å². The molecule has 0 aliphatic carbocycles. The fourth-order valence-corrected chi connectivity index (χ4v) is 2.67. The first-order chi connectivity index (χ1) is 13.2. The summed E-state index contributed by atoms with van der Waals surface area (Å²) in [6.45, 7) is 2.01. The molecule has 6 nitrogen and oxygen atoms in total. The smallest absolute Gasteiger partial charge is 0.255 e. The Morgan fingerprint density at radius 1 is 1.00 bits per heavy atom. The third-order valence-electron chi connectivity index (χ3n) is 4.15. The Hall–Kier alpha value is -3.80. The van der Waals surface area contributed by atoms with Crippen molar-refractivity contribution in [1.29, 1.82) is 0 Å². The van der Waals surface area contributed by atoms with E-state index in [1.807, 2.05) is 61.5 Å². The van der Waals surface area contributed by atoms with E-state index in [1.54, 1.807) is 29.4 Å². The summed E-state index contributed by atoms with van der Waals surface area (Å²) >= 11 is 0. The molecule has 2 heterocycles. The number of carbonyl (C=O) groups is 1. The molecule has 0 bridgehead atoms. The summed E-state index contributed by atoms with van der Waals surface area (Å²) in [5.41, 5.74) is 4.00. The Labute approximate surface area is 156 Å². The average Bonchev–Trinajstić information content (AvgIpc) is 3.25. The van der Waals surface area contributed by atoms with Crippen molar-refractivity contribution in [2.45, 2.75) is 6.92 Å². The largest absolute Gasteiger partial charge is 0.322 e. The molecule has 2 aromatic carbocycles. The van der Waals surface area contributed by atoms with E-state index in [9.17, 15) is 4.79 Å². The zero-order valence-electron chi connectivity index (χ0n) is 14.7. The third-order valence-corrected chi connectivity index (χ3v) is 4.15. The van der Waals surface area contributed by atoms with Crippen LogP contribution in [-0.4, -0.2) is 25.7 Å². The van der Waals surface area contributed by atoms with E-state index < -0.39 is 0 Å². The molecular weight excluding hydrogens is 338 g/mol. The van der Waals surface area contributed by atoms with Gasteiger partial charge in [-0.25, -0.2) is 4.98 Å². The van der Waals surface area contributed by atoms with Gasteiger partial charge in [-0.1, -0.05) is 29.8 Å². The predicted molar refractivity (Wildman–Crippen MR) is 104 cm³/mol. The third kappa shape index (κ3) is 3.74. The second kappa shape index (κ2) is 7.21. The minimum atomic E-state index is -0.163. The second-order valence-electron chi connectivity index (χ2n) is 6.15. The molecule has 132 valence electrons. The first-order valence-corrected chi connectivity index (χ1v) is 8.49. The van der Waals surface area contributed by atoms with E-state index in [0.717, 1.165) is 16.8 Å². The highest BCUT2D eigenvalue weighted by Gasteiger charge is 2.09. The van der Waals surface area contributed by atoms with Crippen molar-refractivity contribution in [3.63, 3.8) is 0 Å². The normalized spacial score (nSPS) is 10.6. The van der Waals surface area contributed by atoms with Crippen LogP contribution in [0.25, 0.3) is 17.1 Å². The molecule has 0 spiro atoms. The van der Waals surface area contributed by atoms with Gasteiger partial charge in [-0.05, 0) is 43.3 Å². The number of imidazole rings is 1. The average molecular weight is 355 g/mol. The van der Waals surface area contributed by atoms with Crippen molar-refractivity contribution >= 4 is 11.6 Å². The summed E-state index contributed by atoms with van der Waals surface area (Å²) in [4.78, 5) is 16.5. The van der Waals surface area contributed by atoms with Gasteiger partial charge in [0.2, 0.25) is 0 Å². The van der Waals surface area contributed by atoms with Crippen molar-refractivity contribution in [2.75, 3.05) is 5.32 Å². The zero-order valence-corrected chi connectivity index (χ0v) is 14.7. The molecule has 0 fully saturated rings. The van der Waals surface area contributed by atoms with E-state index in [1.165, 1.54) is 0 Å². The highest BCUT2D eigenvalue weighted by molar-refractivity contribution is 6.04.